The first-order chi connectivity index (χ1) is 12.7. The molecule has 0 saturated heterocycles. The van der Waals surface area contributed by atoms with E-state index in [4.69, 9.17) is 4.99 Å². The average molecular weight is 362 g/mol. The lowest BCUT2D eigenvalue weighted by atomic mass is 9.79. The van der Waals surface area contributed by atoms with E-state index in [0.29, 0.717) is 0 Å². The first-order valence-electron chi connectivity index (χ1n) is 9.61. The van der Waals surface area contributed by atoms with Gasteiger partial charge in [-0.15, -0.1) is 0 Å². The van der Waals surface area contributed by atoms with Gasteiger partial charge in [-0.1, -0.05) is 85.7 Å². The van der Waals surface area contributed by atoms with Crippen LogP contribution in [-0.2, 0) is 0 Å². The number of aliphatic imine (C=N–C) groups is 1. The molecule has 0 radical (unpaired) electrons. The number of hydrogen-bond donors (Lipinski definition) is 0. The van der Waals surface area contributed by atoms with Crippen LogP contribution in [0.1, 0.15) is 52.2 Å². The number of nitrogens with zero attached hydrogens (tertiary/aromatic N) is 1. The van der Waals surface area contributed by atoms with Crippen LogP contribution in [0.5, 0.6) is 0 Å². The van der Waals surface area contributed by atoms with Crippen molar-refractivity contribution in [2.75, 3.05) is 0 Å². The minimum atomic E-state index is 0.103. The topological polar surface area (TPSA) is 12.4 Å². The van der Waals surface area contributed by atoms with Crippen molar-refractivity contribution < 1.29 is 0 Å². The molecule has 0 spiro atoms. The summed E-state index contributed by atoms with van der Waals surface area (Å²) in [6.45, 7) is 19.0. The molecular formula is C26H35N. The van der Waals surface area contributed by atoms with Gasteiger partial charge in [-0.05, 0) is 64.2 Å². The molecule has 0 bridgehead atoms. The summed E-state index contributed by atoms with van der Waals surface area (Å²) in [6, 6.07) is 18.6. The molecule has 1 heteroatoms. The van der Waals surface area contributed by atoms with Crippen LogP contribution in [0.2, 0.25) is 0 Å². The van der Waals surface area contributed by atoms with E-state index in [1.54, 1.807) is 0 Å². The Labute approximate surface area is 166 Å². The lowest BCUT2D eigenvalue weighted by Gasteiger charge is -2.26. The Bertz CT molecular complexity index is 775. The van der Waals surface area contributed by atoms with Gasteiger partial charge >= 0.3 is 0 Å². The molecule has 144 valence electrons. The number of benzene rings is 2. The lowest BCUT2D eigenvalue weighted by molar-refractivity contribution is 0.449. The smallest absolute Gasteiger partial charge is 0.0633 e. The van der Waals surface area contributed by atoms with Crippen LogP contribution < -0.4 is 0 Å². The van der Waals surface area contributed by atoms with Crippen LogP contribution >= 0.6 is 0 Å². The van der Waals surface area contributed by atoms with Crippen LogP contribution in [0.25, 0.3) is 0 Å². The summed E-state index contributed by atoms with van der Waals surface area (Å²) in [5.41, 5.74) is 7.29. The third kappa shape index (κ3) is 8.21. The van der Waals surface area contributed by atoms with Crippen molar-refractivity contribution in [1.82, 2.24) is 0 Å². The highest BCUT2D eigenvalue weighted by molar-refractivity contribution is 5.99. The zero-order valence-electron chi connectivity index (χ0n) is 18.1. The summed E-state index contributed by atoms with van der Waals surface area (Å²) in [7, 11) is 0. The summed E-state index contributed by atoms with van der Waals surface area (Å²) in [6.07, 6.45) is 3.14. The molecule has 2 rings (SSSR count). The van der Waals surface area contributed by atoms with Gasteiger partial charge in [0, 0.05) is 5.71 Å². The van der Waals surface area contributed by atoms with Crippen LogP contribution in [-0.4, -0.2) is 5.71 Å². The van der Waals surface area contributed by atoms with Crippen LogP contribution in [0.3, 0.4) is 0 Å². The predicted octanol–water partition coefficient (Wildman–Crippen LogP) is 8.02. The van der Waals surface area contributed by atoms with Crippen molar-refractivity contribution in [1.29, 1.82) is 0 Å². The minimum absolute atomic E-state index is 0.103. The molecule has 0 heterocycles. The summed E-state index contributed by atoms with van der Waals surface area (Å²) in [4.78, 5) is 4.73. The maximum Gasteiger partial charge on any atom is 0.0633 e. The van der Waals surface area contributed by atoms with Crippen molar-refractivity contribution in [2.45, 2.75) is 54.9 Å². The molecule has 0 aliphatic rings. The number of rotatable bonds is 5. The van der Waals surface area contributed by atoms with Crippen molar-refractivity contribution in [3.05, 3.63) is 89.5 Å². The van der Waals surface area contributed by atoms with Crippen molar-refractivity contribution in [3.8, 4) is 0 Å². The molecule has 27 heavy (non-hydrogen) atoms. The van der Waals surface area contributed by atoms with Gasteiger partial charge < -0.3 is 0 Å². The van der Waals surface area contributed by atoms with E-state index in [-0.39, 0.29) is 5.41 Å². The Kier molecular flexibility index (Phi) is 8.94. The Morgan fingerprint density at radius 2 is 1.44 bits per heavy atom. The van der Waals surface area contributed by atoms with Crippen molar-refractivity contribution in [3.63, 3.8) is 0 Å². The van der Waals surface area contributed by atoms with Crippen LogP contribution in [0.15, 0.2) is 83.4 Å². The number of allylic oxidation sites excluding steroid dienone is 3. The molecule has 0 saturated carbocycles. The normalized spacial score (nSPS) is 12.3. The fourth-order valence-corrected chi connectivity index (χ4v) is 2.49. The van der Waals surface area contributed by atoms with Crippen molar-refractivity contribution >= 4 is 11.4 Å². The quantitative estimate of drug-likeness (QED) is 0.377. The van der Waals surface area contributed by atoms with E-state index in [0.717, 1.165) is 17.8 Å². The van der Waals surface area contributed by atoms with Crippen LogP contribution in [0.4, 0.5) is 5.69 Å². The summed E-state index contributed by atoms with van der Waals surface area (Å²) < 4.78 is 0. The Morgan fingerprint density at radius 3 is 1.85 bits per heavy atom. The van der Waals surface area contributed by atoms with Gasteiger partial charge in [-0.3, -0.25) is 4.99 Å². The van der Waals surface area contributed by atoms with Gasteiger partial charge in [0.15, 0.2) is 0 Å². The molecule has 0 atom stereocenters. The van der Waals surface area contributed by atoms with Gasteiger partial charge in [0.2, 0.25) is 0 Å². The standard InChI is InChI=1S/C19H27N.C7H8/c1-8-17(13-19(6,7)14(2)3)16(5)20-18-11-9-15(4)10-12-18;1-7-5-3-2-4-6-7/h8-12H,2,13H2,1,3-7H3;2-6H,1H3/b17-8+,20-16?;. The van der Waals surface area contributed by atoms with E-state index in [9.17, 15) is 0 Å². The second kappa shape index (κ2) is 10.7. The largest absolute Gasteiger partial charge is 0.253 e. The molecule has 2 aromatic carbocycles. The fraction of sp³-hybridized carbons (Fsp3) is 0.346. The molecule has 0 aromatic heterocycles. The van der Waals surface area contributed by atoms with Gasteiger partial charge in [0.25, 0.3) is 0 Å². The number of hydrogen-bond acceptors (Lipinski definition) is 1. The molecule has 0 aliphatic heterocycles. The highest BCUT2D eigenvalue weighted by Crippen LogP contribution is 2.33. The van der Waals surface area contributed by atoms with Gasteiger partial charge in [0.1, 0.15) is 0 Å². The zero-order chi connectivity index (χ0) is 20.4. The van der Waals surface area contributed by atoms with E-state index < -0.39 is 0 Å². The van der Waals surface area contributed by atoms with E-state index in [1.165, 1.54) is 22.3 Å². The molecular weight excluding hydrogens is 326 g/mol. The molecule has 0 aliphatic carbocycles. The predicted molar refractivity (Wildman–Crippen MR) is 122 cm³/mol. The van der Waals surface area contributed by atoms with E-state index >= 15 is 0 Å². The fourth-order valence-electron chi connectivity index (χ4n) is 2.49. The number of aryl methyl sites for hydroxylation is 2. The monoisotopic (exact) mass is 361 g/mol. The maximum absolute atomic E-state index is 4.73. The minimum Gasteiger partial charge on any atom is -0.253 e. The first-order valence-corrected chi connectivity index (χ1v) is 9.61. The Balaban J connectivity index is 0.000000433. The van der Waals surface area contributed by atoms with Gasteiger partial charge in [-0.25, -0.2) is 0 Å². The maximum atomic E-state index is 4.73. The average Bonchev–Trinajstić information content (AvgIpc) is 2.62. The molecule has 0 unspecified atom stereocenters. The molecule has 0 N–H and O–H groups in total. The summed E-state index contributed by atoms with van der Waals surface area (Å²) in [5, 5.41) is 0. The highest BCUT2D eigenvalue weighted by Gasteiger charge is 2.21. The highest BCUT2D eigenvalue weighted by atomic mass is 14.7. The third-order valence-corrected chi connectivity index (χ3v) is 4.87. The SMILES string of the molecule is C=C(C)C(C)(C)C/C(=C\C)C(C)=Nc1ccc(C)cc1.Cc1ccccc1. The van der Waals surface area contributed by atoms with Gasteiger partial charge in [0.05, 0.1) is 5.69 Å². The summed E-state index contributed by atoms with van der Waals surface area (Å²) in [5.74, 6) is 0. The molecule has 1 nitrogen and oxygen atoms in total. The summed E-state index contributed by atoms with van der Waals surface area (Å²) >= 11 is 0. The second-order valence-electron chi connectivity index (χ2n) is 7.84. The van der Waals surface area contributed by atoms with E-state index in [1.807, 2.05) is 18.2 Å². The second-order valence-corrected chi connectivity index (χ2v) is 7.84. The van der Waals surface area contributed by atoms with Crippen molar-refractivity contribution in [2.24, 2.45) is 10.4 Å². The Morgan fingerprint density at radius 1 is 0.926 bits per heavy atom. The molecule has 2 aromatic rings. The molecule has 0 fully saturated rings. The third-order valence-electron chi connectivity index (χ3n) is 4.87. The lowest BCUT2D eigenvalue weighted by Crippen LogP contribution is -2.16. The molecule has 0 amide bonds. The van der Waals surface area contributed by atoms with Crippen LogP contribution in [0, 0.1) is 19.3 Å². The first kappa shape index (κ1) is 22.6. The van der Waals surface area contributed by atoms with E-state index in [2.05, 4.69) is 97.5 Å². The van der Waals surface area contributed by atoms with Gasteiger partial charge in [-0.2, -0.15) is 0 Å². The Hall–Kier alpha value is -2.41. The zero-order valence-corrected chi connectivity index (χ0v) is 18.1.